The van der Waals surface area contributed by atoms with Crippen molar-refractivity contribution in [2.24, 2.45) is 0 Å². The lowest BCUT2D eigenvalue weighted by Gasteiger charge is -2.14. The standard InChI is InChI=1S/C52H30N4O/c1-2-12-36-31(11-1)22-26-41-37-13-3-8-18-45(37)55(51(36)41)35-24-21-32-29-47-42(28-34(32)27-35)38-14-4-9-19-46(38)56(47)52-50(53-43-16-6-7-17-44(43)54-52)33-23-25-40-39-15-5-10-20-48(39)57-49(40)30-33/h1-30H. The lowest BCUT2D eigenvalue weighted by atomic mass is 10.0. The first-order chi connectivity index (χ1) is 28.2. The predicted molar refractivity (Wildman–Crippen MR) is 236 cm³/mol. The van der Waals surface area contributed by atoms with Crippen LogP contribution in [-0.2, 0) is 0 Å². The zero-order chi connectivity index (χ0) is 37.2. The van der Waals surface area contributed by atoms with E-state index in [1.54, 1.807) is 0 Å². The first-order valence-corrected chi connectivity index (χ1v) is 19.3. The zero-order valence-corrected chi connectivity index (χ0v) is 30.5. The Morgan fingerprint density at radius 1 is 0.368 bits per heavy atom. The molecule has 0 aliphatic heterocycles. The van der Waals surface area contributed by atoms with Gasteiger partial charge in [0.25, 0.3) is 0 Å². The van der Waals surface area contributed by atoms with Crippen LogP contribution in [0.2, 0.25) is 0 Å². The Balaban J connectivity index is 1.07. The number of furan rings is 1. The summed E-state index contributed by atoms with van der Waals surface area (Å²) in [7, 11) is 0. The molecule has 0 amide bonds. The molecule has 4 heterocycles. The summed E-state index contributed by atoms with van der Waals surface area (Å²) in [6.45, 7) is 0. The van der Waals surface area contributed by atoms with Gasteiger partial charge in [-0.2, -0.15) is 0 Å². The average molecular weight is 727 g/mol. The molecule has 0 radical (unpaired) electrons. The molecule has 0 N–H and O–H groups in total. The molecule has 0 saturated heterocycles. The molecule has 0 bridgehead atoms. The van der Waals surface area contributed by atoms with E-state index < -0.39 is 0 Å². The molecular weight excluding hydrogens is 697 g/mol. The topological polar surface area (TPSA) is 48.8 Å². The first kappa shape index (κ1) is 30.6. The third kappa shape index (κ3) is 4.34. The summed E-state index contributed by atoms with van der Waals surface area (Å²) < 4.78 is 11.1. The average Bonchev–Trinajstić information content (AvgIpc) is 3.92. The second-order valence-electron chi connectivity index (χ2n) is 15.0. The van der Waals surface area contributed by atoms with Gasteiger partial charge < -0.3 is 8.98 Å². The summed E-state index contributed by atoms with van der Waals surface area (Å²) in [5.74, 6) is 0.781. The van der Waals surface area contributed by atoms with Gasteiger partial charge in [-0.05, 0) is 82.9 Å². The Morgan fingerprint density at radius 2 is 1.02 bits per heavy atom. The number of benzene rings is 9. The molecule has 0 fully saturated rings. The van der Waals surface area contributed by atoms with E-state index in [2.05, 4.69) is 155 Å². The van der Waals surface area contributed by atoms with E-state index in [1.165, 1.54) is 38.0 Å². The summed E-state index contributed by atoms with van der Waals surface area (Å²) in [6.07, 6.45) is 0. The van der Waals surface area contributed by atoms with Crippen LogP contribution in [0.15, 0.2) is 186 Å². The van der Waals surface area contributed by atoms with Gasteiger partial charge in [0, 0.05) is 49.0 Å². The fraction of sp³-hybridized carbons (Fsp3) is 0. The molecular formula is C52H30N4O. The highest BCUT2D eigenvalue weighted by molar-refractivity contribution is 6.19. The monoisotopic (exact) mass is 726 g/mol. The number of nitrogens with zero attached hydrogens (tertiary/aromatic N) is 4. The fourth-order valence-corrected chi connectivity index (χ4v) is 9.28. The molecule has 4 aromatic heterocycles. The fourth-order valence-electron chi connectivity index (χ4n) is 9.28. The minimum absolute atomic E-state index is 0.781. The van der Waals surface area contributed by atoms with E-state index in [9.17, 15) is 0 Å². The van der Waals surface area contributed by atoms with Crippen molar-refractivity contribution in [2.45, 2.75) is 0 Å². The van der Waals surface area contributed by atoms with Crippen LogP contribution in [-0.4, -0.2) is 19.1 Å². The normalized spacial score (nSPS) is 12.2. The number of fused-ring (bicyclic) bond motifs is 13. The Hall–Kier alpha value is -7.76. The van der Waals surface area contributed by atoms with Gasteiger partial charge in [0.1, 0.15) is 16.9 Å². The highest BCUT2D eigenvalue weighted by atomic mass is 16.3. The van der Waals surface area contributed by atoms with Crippen LogP contribution in [0.25, 0.3) is 121 Å². The number of rotatable bonds is 3. The van der Waals surface area contributed by atoms with Crippen molar-refractivity contribution in [3.05, 3.63) is 182 Å². The molecule has 13 rings (SSSR count). The van der Waals surface area contributed by atoms with Gasteiger partial charge in [-0.3, -0.25) is 4.57 Å². The Bertz CT molecular complexity index is 3830. The molecule has 0 saturated carbocycles. The van der Waals surface area contributed by atoms with Gasteiger partial charge in [-0.1, -0.05) is 115 Å². The van der Waals surface area contributed by atoms with Crippen molar-refractivity contribution in [3.8, 4) is 22.8 Å². The lowest BCUT2D eigenvalue weighted by Crippen LogP contribution is -2.03. The van der Waals surface area contributed by atoms with E-state index in [1.807, 2.05) is 36.4 Å². The van der Waals surface area contributed by atoms with E-state index >= 15 is 0 Å². The van der Waals surface area contributed by atoms with E-state index in [4.69, 9.17) is 14.4 Å². The smallest absolute Gasteiger partial charge is 0.165 e. The molecule has 0 aliphatic carbocycles. The summed E-state index contributed by atoms with van der Waals surface area (Å²) in [5.41, 5.74) is 10.9. The summed E-state index contributed by atoms with van der Waals surface area (Å²) >= 11 is 0. The molecule has 0 spiro atoms. The third-order valence-electron chi connectivity index (χ3n) is 11.8. The molecule has 5 heteroatoms. The van der Waals surface area contributed by atoms with Gasteiger partial charge in [0.15, 0.2) is 5.82 Å². The number of hydrogen-bond donors (Lipinski definition) is 0. The Kier molecular flexibility index (Phi) is 6.10. The molecule has 9 aromatic carbocycles. The van der Waals surface area contributed by atoms with E-state index in [0.29, 0.717) is 0 Å². The highest BCUT2D eigenvalue weighted by Gasteiger charge is 2.21. The molecule has 13 aromatic rings. The third-order valence-corrected chi connectivity index (χ3v) is 11.8. The second kappa shape index (κ2) is 11.4. The van der Waals surface area contributed by atoms with Gasteiger partial charge in [0.05, 0.1) is 33.1 Å². The van der Waals surface area contributed by atoms with Crippen LogP contribution in [0.4, 0.5) is 0 Å². The van der Waals surface area contributed by atoms with Crippen molar-refractivity contribution >= 4 is 98.1 Å². The largest absolute Gasteiger partial charge is 0.456 e. The Morgan fingerprint density at radius 3 is 1.88 bits per heavy atom. The van der Waals surface area contributed by atoms with Crippen molar-refractivity contribution in [2.75, 3.05) is 0 Å². The summed E-state index contributed by atoms with van der Waals surface area (Å²) in [6, 6.07) is 64.9. The van der Waals surface area contributed by atoms with Crippen LogP contribution < -0.4 is 0 Å². The number of aromatic nitrogens is 4. The van der Waals surface area contributed by atoms with E-state index in [0.717, 1.165) is 82.9 Å². The molecule has 0 aliphatic rings. The van der Waals surface area contributed by atoms with Crippen LogP contribution in [0.1, 0.15) is 0 Å². The predicted octanol–water partition coefficient (Wildman–Crippen LogP) is 13.7. The van der Waals surface area contributed by atoms with Crippen LogP contribution >= 0.6 is 0 Å². The molecule has 5 nitrogen and oxygen atoms in total. The second-order valence-corrected chi connectivity index (χ2v) is 15.0. The Labute approximate surface area is 325 Å². The molecule has 0 atom stereocenters. The van der Waals surface area contributed by atoms with Crippen LogP contribution in [0, 0.1) is 0 Å². The maximum absolute atomic E-state index is 6.37. The van der Waals surface area contributed by atoms with Crippen LogP contribution in [0.3, 0.4) is 0 Å². The molecule has 0 unspecified atom stereocenters. The maximum Gasteiger partial charge on any atom is 0.165 e. The SMILES string of the molecule is c1ccc2c(c1)ccc1c3ccccc3n(-c3ccc4cc5c(cc4c3)c3ccccc3n5-c3nc4ccccc4nc3-c3ccc4c(c3)oc3ccccc34)c21. The minimum atomic E-state index is 0.781. The summed E-state index contributed by atoms with van der Waals surface area (Å²) in [4.78, 5) is 10.7. The number of hydrogen-bond acceptors (Lipinski definition) is 3. The number of para-hydroxylation sites is 5. The minimum Gasteiger partial charge on any atom is -0.456 e. The first-order valence-electron chi connectivity index (χ1n) is 19.3. The summed E-state index contributed by atoms with van der Waals surface area (Å²) in [5, 5.41) is 11.8. The zero-order valence-electron chi connectivity index (χ0n) is 30.5. The van der Waals surface area contributed by atoms with Gasteiger partial charge in [0.2, 0.25) is 0 Å². The molecule has 57 heavy (non-hydrogen) atoms. The van der Waals surface area contributed by atoms with Crippen molar-refractivity contribution in [1.29, 1.82) is 0 Å². The van der Waals surface area contributed by atoms with Gasteiger partial charge in [-0.15, -0.1) is 0 Å². The van der Waals surface area contributed by atoms with Crippen molar-refractivity contribution in [1.82, 2.24) is 19.1 Å². The molecule has 264 valence electrons. The maximum atomic E-state index is 6.37. The lowest BCUT2D eigenvalue weighted by molar-refractivity contribution is 0.669. The van der Waals surface area contributed by atoms with Crippen LogP contribution in [0.5, 0.6) is 0 Å². The van der Waals surface area contributed by atoms with Crippen molar-refractivity contribution in [3.63, 3.8) is 0 Å². The van der Waals surface area contributed by atoms with Crippen molar-refractivity contribution < 1.29 is 4.42 Å². The quantitative estimate of drug-likeness (QED) is 0.182. The van der Waals surface area contributed by atoms with Gasteiger partial charge >= 0.3 is 0 Å². The van der Waals surface area contributed by atoms with Gasteiger partial charge in [-0.25, -0.2) is 9.97 Å². The van der Waals surface area contributed by atoms with E-state index in [-0.39, 0.29) is 0 Å². The highest BCUT2D eigenvalue weighted by Crippen LogP contribution is 2.41.